The van der Waals surface area contributed by atoms with Gasteiger partial charge in [0.05, 0.1) is 0 Å². The van der Waals surface area contributed by atoms with Gasteiger partial charge in [0.25, 0.3) is 0 Å². The summed E-state index contributed by atoms with van der Waals surface area (Å²) in [6.45, 7) is 6.64. The van der Waals surface area contributed by atoms with Crippen molar-refractivity contribution in [3.05, 3.63) is 0 Å². The van der Waals surface area contributed by atoms with Crippen molar-refractivity contribution in [3.8, 4) is 0 Å². The van der Waals surface area contributed by atoms with E-state index in [9.17, 15) is 4.79 Å². The zero-order valence-corrected chi connectivity index (χ0v) is 14.4. The molecule has 2 atom stereocenters. The first kappa shape index (κ1) is 17.1. The monoisotopic (exact) mass is 314 g/mol. The van der Waals surface area contributed by atoms with Crippen molar-refractivity contribution in [2.24, 2.45) is 11.3 Å². The fourth-order valence-corrected chi connectivity index (χ4v) is 4.39. The first-order chi connectivity index (χ1) is 9.52. The predicted octanol–water partition coefficient (Wildman–Crippen LogP) is 3.37. The number of rotatable bonds is 2. The highest BCUT2D eigenvalue weighted by atomic mass is 35.5. The number of likely N-dealkylation sites (tertiary alicyclic amines) is 1. The maximum absolute atomic E-state index is 12.6. The highest BCUT2D eigenvalue weighted by Gasteiger charge is 2.35. The maximum Gasteiger partial charge on any atom is 0.222 e. The van der Waals surface area contributed by atoms with E-state index in [4.69, 9.17) is 0 Å². The molecule has 3 saturated heterocycles. The highest BCUT2D eigenvalue weighted by Crippen LogP contribution is 2.34. The molecule has 0 saturated carbocycles. The van der Waals surface area contributed by atoms with Crippen molar-refractivity contribution in [2.75, 3.05) is 13.1 Å². The van der Waals surface area contributed by atoms with Gasteiger partial charge in [-0.05, 0) is 56.3 Å². The molecule has 0 radical (unpaired) electrons. The van der Waals surface area contributed by atoms with Gasteiger partial charge in [-0.3, -0.25) is 4.79 Å². The second-order valence-electron chi connectivity index (χ2n) is 8.08. The number of amides is 1. The lowest BCUT2D eigenvalue weighted by Crippen LogP contribution is -2.40. The number of nitrogens with one attached hydrogen (secondary N) is 1. The van der Waals surface area contributed by atoms with E-state index in [0.29, 0.717) is 29.3 Å². The Labute approximate surface area is 135 Å². The van der Waals surface area contributed by atoms with Crippen molar-refractivity contribution < 1.29 is 4.79 Å². The minimum atomic E-state index is 0. The van der Waals surface area contributed by atoms with Crippen LogP contribution in [0.4, 0.5) is 0 Å². The van der Waals surface area contributed by atoms with Crippen LogP contribution in [0.25, 0.3) is 0 Å². The van der Waals surface area contributed by atoms with Gasteiger partial charge in [-0.1, -0.05) is 13.8 Å². The molecule has 21 heavy (non-hydrogen) atoms. The van der Waals surface area contributed by atoms with Crippen molar-refractivity contribution in [1.82, 2.24) is 10.2 Å². The molecule has 0 aromatic rings. The molecule has 3 fully saturated rings. The summed E-state index contributed by atoms with van der Waals surface area (Å²) in [6.07, 6.45) is 9.50. The van der Waals surface area contributed by atoms with Gasteiger partial charge in [0.15, 0.2) is 0 Å². The fraction of sp³-hybridized carbons (Fsp3) is 0.941. The van der Waals surface area contributed by atoms with Crippen LogP contribution in [-0.4, -0.2) is 36.0 Å². The quantitative estimate of drug-likeness (QED) is 0.847. The topological polar surface area (TPSA) is 32.3 Å². The van der Waals surface area contributed by atoms with Crippen molar-refractivity contribution in [3.63, 3.8) is 0 Å². The minimum absolute atomic E-state index is 0. The molecule has 1 N–H and O–H groups in total. The molecule has 2 unspecified atom stereocenters. The molecule has 122 valence electrons. The van der Waals surface area contributed by atoms with Gasteiger partial charge in [0, 0.05) is 31.6 Å². The Hall–Kier alpha value is -0.280. The van der Waals surface area contributed by atoms with Crippen LogP contribution in [0.3, 0.4) is 0 Å². The van der Waals surface area contributed by atoms with Gasteiger partial charge in [-0.15, -0.1) is 12.4 Å². The second-order valence-corrected chi connectivity index (χ2v) is 8.08. The van der Waals surface area contributed by atoms with Crippen LogP contribution < -0.4 is 5.32 Å². The van der Waals surface area contributed by atoms with Crippen molar-refractivity contribution in [2.45, 2.75) is 77.3 Å². The normalized spacial score (nSPS) is 35.0. The average Bonchev–Trinajstić information content (AvgIpc) is 2.61. The van der Waals surface area contributed by atoms with Crippen LogP contribution in [0.15, 0.2) is 0 Å². The summed E-state index contributed by atoms with van der Waals surface area (Å²) in [5, 5.41) is 3.67. The smallest absolute Gasteiger partial charge is 0.222 e. The molecular formula is C17H31ClN2O. The molecule has 0 aliphatic carbocycles. The fourth-order valence-electron chi connectivity index (χ4n) is 4.39. The first-order valence-electron chi connectivity index (χ1n) is 8.56. The summed E-state index contributed by atoms with van der Waals surface area (Å²) in [7, 11) is 0. The number of carbonyl (C=O) groups excluding carboxylic acids is 1. The summed E-state index contributed by atoms with van der Waals surface area (Å²) in [5.41, 5.74) is 0.420. The Balaban J connectivity index is 0.00000161. The van der Waals surface area contributed by atoms with E-state index in [0.717, 1.165) is 25.9 Å². The second kappa shape index (κ2) is 6.87. The molecule has 2 bridgehead atoms. The molecule has 0 aromatic heterocycles. The number of nitrogens with zero attached hydrogens (tertiary/aromatic N) is 1. The van der Waals surface area contributed by atoms with Gasteiger partial charge < -0.3 is 10.2 Å². The summed E-state index contributed by atoms with van der Waals surface area (Å²) >= 11 is 0. The van der Waals surface area contributed by atoms with Crippen LogP contribution in [0, 0.1) is 11.3 Å². The van der Waals surface area contributed by atoms with E-state index < -0.39 is 0 Å². The van der Waals surface area contributed by atoms with Gasteiger partial charge in [0.1, 0.15) is 0 Å². The zero-order chi connectivity index (χ0) is 14.2. The van der Waals surface area contributed by atoms with E-state index >= 15 is 0 Å². The van der Waals surface area contributed by atoms with Gasteiger partial charge >= 0.3 is 0 Å². The Bertz CT molecular complexity index is 360. The number of hydrogen-bond donors (Lipinski definition) is 1. The molecule has 1 amide bonds. The highest BCUT2D eigenvalue weighted by molar-refractivity contribution is 5.85. The van der Waals surface area contributed by atoms with Crippen LogP contribution in [0.5, 0.6) is 0 Å². The maximum atomic E-state index is 12.6. The number of carbonyl (C=O) groups is 1. The summed E-state index contributed by atoms with van der Waals surface area (Å²) in [6, 6.07) is 1.41. The minimum Gasteiger partial charge on any atom is -0.343 e. The summed E-state index contributed by atoms with van der Waals surface area (Å²) in [4.78, 5) is 14.7. The van der Waals surface area contributed by atoms with E-state index in [1.807, 2.05) is 0 Å². The lowest BCUT2D eigenvalue weighted by Gasteiger charge is -2.30. The molecule has 4 heteroatoms. The van der Waals surface area contributed by atoms with Gasteiger partial charge in [-0.2, -0.15) is 0 Å². The van der Waals surface area contributed by atoms with Gasteiger partial charge in [0.2, 0.25) is 5.91 Å². The van der Waals surface area contributed by atoms with E-state index in [2.05, 4.69) is 24.1 Å². The Morgan fingerprint density at radius 2 is 1.81 bits per heavy atom. The Morgan fingerprint density at radius 1 is 1.14 bits per heavy atom. The SMILES string of the molecule is CC1(C)CCCN(C(=O)CC2CC3CCC(C2)N3)CC1.Cl. The predicted molar refractivity (Wildman–Crippen MR) is 88.7 cm³/mol. The molecule has 3 aliphatic heterocycles. The molecule has 0 aromatic carbocycles. The molecule has 3 heterocycles. The Morgan fingerprint density at radius 3 is 2.48 bits per heavy atom. The first-order valence-corrected chi connectivity index (χ1v) is 8.56. The molecular weight excluding hydrogens is 284 g/mol. The van der Waals surface area contributed by atoms with E-state index in [-0.39, 0.29) is 12.4 Å². The third-order valence-corrected chi connectivity index (χ3v) is 5.73. The third-order valence-electron chi connectivity index (χ3n) is 5.73. The third kappa shape index (κ3) is 4.35. The number of hydrogen-bond acceptors (Lipinski definition) is 2. The largest absolute Gasteiger partial charge is 0.343 e. The molecule has 3 nitrogen and oxygen atoms in total. The lowest BCUT2D eigenvalue weighted by molar-refractivity contribution is -0.132. The standard InChI is InChI=1S/C17H30N2O.ClH/c1-17(2)6-3-8-19(9-7-17)16(20)12-13-10-14-4-5-15(11-13)18-14;/h13-15,18H,3-12H2,1-2H3;1H. The molecule has 3 aliphatic rings. The zero-order valence-electron chi connectivity index (χ0n) is 13.6. The van der Waals surface area contributed by atoms with Gasteiger partial charge in [-0.25, -0.2) is 0 Å². The van der Waals surface area contributed by atoms with Crippen molar-refractivity contribution in [1.29, 1.82) is 0 Å². The summed E-state index contributed by atoms with van der Waals surface area (Å²) < 4.78 is 0. The van der Waals surface area contributed by atoms with Crippen LogP contribution in [0.2, 0.25) is 0 Å². The van der Waals surface area contributed by atoms with Crippen LogP contribution in [-0.2, 0) is 4.79 Å². The number of piperidine rings is 1. The van der Waals surface area contributed by atoms with Crippen molar-refractivity contribution >= 4 is 18.3 Å². The molecule has 0 spiro atoms. The van der Waals surface area contributed by atoms with Crippen LogP contribution >= 0.6 is 12.4 Å². The van der Waals surface area contributed by atoms with E-state index in [1.165, 1.54) is 38.5 Å². The number of halogens is 1. The lowest BCUT2D eigenvalue weighted by atomic mass is 9.85. The summed E-state index contributed by atoms with van der Waals surface area (Å²) in [5.74, 6) is 1.06. The molecule has 3 rings (SSSR count). The van der Waals surface area contributed by atoms with E-state index in [1.54, 1.807) is 0 Å². The average molecular weight is 315 g/mol. The Kier molecular flexibility index (Phi) is 5.59. The van der Waals surface area contributed by atoms with Crippen LogP contribution in [0.1, 0.15) is 65.2 Å². The number of fused-ring (bicyclic) bond motifs is 2.